The first-order chi connectivity index (χ1) is 9.13. The molecule has 19 heavy (non-hydrogen) atoms. The molecule has 6 heteroatoms. The number of aromatic carboxylic acids is 1. The number of hydrogen-bond donors (Lipinski definition) is 2. The van der Waals surface area contributed by atoms with Crippen LogP contribution in [0.25, 0.3) is 11.3 Å². The van der Waals surface area contributed by atoms with Crippen molar-refractivity contribution in [3.05, 3.63) is 30.0 Å². The Balaban J connectivity index is 2.47. The van der Waals surface area contributed by atoms with E-state index in [1.54, 1.807) is 28.9 Å². The highest BCUT2D eigenvalue weighted by Crippen LogP contribution is 2.23. The second-order valence-corrected chi connectivity index (χ2v) is 4.29. The Morgan fingerprint density at radius 2 is 2.05 bits per heavy atom. The molecular weight excluding hydrogens is 244 g/mol. The maximum Gasteiger partial charge on any atom is 0.358 e. The van der Waals surface area contributed by atoms with Gasteiger partial charge in [-0.3, -0.25) is 0 Å². The van der Waals surface area contributed by atoms with E-state index < -0.39 is 5.97 Å². The van der Waals surface area contributed by atoms with E-state index >= 15 is 0 Å². The Kier molecular flexibility index (Phi) is 3.79. The molecule has 0 spiro atoms. The summed E-state index contributed by atoms with van der Waals surface area (Å²) in [6.45, 7) is 2.72. The molecule has 2 rings (SSSR count). The molecule has 0 fully saturated rings. The van der Waals surface area contributed by atoms with Gasteiger partial charge in [-0.2, -0.15) is 0 Å². The maximum absolute atomic E-state index is 11.2. The zero-order valence-electron chi connectivity index (χ0n) is 10.7. The zero-order valence-corrected chi connectivity index (χ0v) is 10.7. The predicted molar refractivity (Wildman–Crippen MR) is 71.7 cm³/mol. The summed E-state index contributed by atoms with van der Waals surface area (Å²) in [5.41, 5.74) is 7.53. The Morgan fingerprint density at radius 1 is 1.37 bits per heavy atom. The average molecular weight is 260 g/mol. The molecular formula is C13H16N4O2. The number of nitrogen functional groups attached to an aromatic ring is 1. The first-order valence-electron chi connectivity index (χ1n) is 6.16. The van der Waals surface area contributed by atoms with Crippen molar-refractivity contribution in [1.82, 2.24) is 15.0 Å². The number of aromatic nitrogens is 3. The fraction of sp³-hybridized carbons (Fsp3) is 0.308. The lowest BCUT2D eigenvalue weighted by Gasteiger charge is -2.07. The molecule has 6 nitrogen and oxygen atoms in total. The van der Waals surface area contributed by atoms with Crippen LogP contribution in [0.3, 0.4) is 0 Å². The van der Waals surface area contributed by atoms with Crippen LogP contribution in [0.2, 0.25) is 0 Å². The van der Waals surface area contributed by atoms with Crippen LogP contribution in [-0.2, 0) is 6.54 Å². The smallest absolute Gasteiger partial charge is 0.358 e. The van der Waals surface area contributed by atoms with E-state index in [9.17, 15) is 9.90 Å². The number of nitrogens with zero attached hydrogens (tertiary/aromatic N) is 3. The molecule has 0 saturated carbocycles. The minimum Gasteiger partial charge on any atom is -0.476 e. The summed E-state index contributed by atoms with van der Waals surface area (Å²) in [6.07, 6.45) is 1.92. The quantitative estimate of drug-likeness (QED) is 0.802. The topological polar surface area (TPSA) is 94.0 Å². The molecule has 0 aliphatic carbocycles. The molecule has 1 heterocycles. The highest BCUT2D eigenvalue weighted by atomic mass is 16.4. The minimum atomic E-state index is -1.07. The number of unbranched alkanes of at least 4 members (excludes halogenated alkanes) is 1. The minimum absolute atomic E-state index is 0.0270. The van der Waals surface area contributed by atoms with Crippen LogP contribution >= 0.6 is 0 Å². The molecule has 0 unspecified atom stereocenters. The molecule has 0 bridgehead atoms. The highest BCUT2D eigenvalue weighted by molar-refractivity contribution is 5.92. The normalized spacial score (nSPS) is 10.6. The first kappa shape index (κ1) is 13.1. The Bertz CT molecular complexity index is 575. The molecule has 100 valence electrons. The van der Waals surface area contributed by atoms with E-state index in [1.165, 1.54) is 0 Å². The van der Waals surface area contributed by atoms with Gasteiger partial charge in [0.05, 0.1) is 0 Å². The second kappa shape index (κ2) is 5.51. The number of nitrogens with two attached hydrogens (primary N) is 1. The number of carbonyl (C=O) groups is 1. The van der Waals surface area contributed by atoms with Gasteiger partial charge in [0.2, 0.25) is 0 Å². The maximum atomic E-state index is 11.2. The lowest BCUT2D eigenvalue weighted by molar-refractivity contribution is 0.0691. The third kappa shape index (κ3) is 2.73. The van der Waals surface area contributed by atoms with E-state index in [-0.39, 0.29) is 5.69 Å². The van der Waals surface area contributed by atoms with Crippen molar-refractivity contribution in [3.8, 4) is 11.3 Å². The van der Waals surface area contributed by atoms with E-state index in [1.807, 2.05) is 0 Å². The third-order valence-electron chi connectivity index (χ3n) is 2.85. The largest absolute Gasteiger partial charge is 0.476 e. The van der Waals surface area contributed by atoms with Crippen molar-refractivity contribution >= 4 is 11.7 Å². The Hall–Kier alpha value is -2.37. The summed E-state index contributed by atoms with van der Waals surface area (Å²) in [5, 5.41) is 16.9. The number of hydrogen-bond acceptors (Lipinski definition) is 4. The Morgan fingerprint density at radius 3 is 2.63 bits per heavy atom. The highest BCUT2D eigenvalue weighted by Gasteiger charge is 2.20. The molecule has 0 amide bonds. The number of carboxylic acid groups (broad SMARTS) is 1. The molecule has 0 saturated heterocycles. The summed E-state index contributed by atoms with van der Waals surface area (Å²) in [6, 6.07) is 7.03. The van der Waals surface area contributed by atoms with Crippen LogP contribution in [0.4, 0.5) is 5.69 Å². The van der Waals surface area contributed by atoms with Crippen LogP contribution < -0.4 is 5.73 Å². The summed E-state index contributed by atoms with van der Waals surface area (Å²) in [5.74, 6) is -1.07. The van der Waals surface area contributed by atoms with Crippen LogP contribution in [0.5, 0.6) is 0 Å². The van der Waals surface area contributed by atoms with Gasteiger partial charge in [0.25, 0.3) is 0 Å². The van der Waals surface area contributed by atoms with Gasteiger partial charge in [-0.15, -0.1) is 5.10 Å². The standard InChI is InChI=1S/C13H16N4O2/c1-2-3-8-17-12(11(13(18)19)15-16-17)9-4-6-10(14)7-5-9/h4-7H,2-3,8,14H2,1H3,(H,18,19). The average Bonchev–Trinajstić information content (AvgIpc) is 2.81. The second-order valence-electron chi connectivity index (χ2n) is 4.29. The van der Waals surface area contributed by atoms with Gasteiger partial charge in [0.1, 0.15) is 5.69 Å². The van der Waals surface area contributed by atoms with Gasteiger partial charge >= 0.3 is 5.97 Å². The molecule has 2 aromatic rings. The Labute approximate surface area is 110 Å². The van der Waals surface area contributed by atoms with Crippen molar-refractivity contribution < 1.29 is 9.90 Å². The molecule has 0 radical (unpaired) electrons. The molecule has 3 N–H and O–H groups in total. The van der Waals surface area contributed by atoms with Gasteiger partial charge in [-0.25, -0.2) is 9.48 Å². The monoisotopic (exact) mass is 260 g/mol. The number of rotatable bonds is 5. The van der Waals surface area contributed by atoms with Crippen LogP contribution in [0.15, 0.2) is 24.3 Å². The fourth-order valence-electron chi connectivity index (χ4n) is 1.85. The van der Waals surface area contributed by atoms with E-state index in [2.05, 4.69) is 17.2 Å². The van der Waals surface area contributed by atoms with Crippen molar-refractivity contribution in [2.45, 2.75) is 26.3 Å². The van der Waals surface area contributed by atoms with E-state index in [0.717, 1.165) is 18.4 Å². The van der Waals surface area contributed by atoms with Gasteiger partial charge in [-0.05, 0) is 18.6 Å². The molecule has 1 aromatic carbocycles. The third-order valence-corrected chi connectivity index (χ3v) is 2.85. The summed E-state index contributed by atoms with van der Waals surface area (Å²) >= 11 is 0. The summed E-state index contributed by atoms with van der Waals surface area (Å²) < 4.78 is 1.64. The summed E-state index contributed by atoms with van der Waals surface area (Å²) in [4.78, 5) is 11.2. The van der Waals surface area contributed by atoms with Crippen molar-refractivity contribution in [2.24, 2.45) is 0 Å². The number of benzene rings is 1. The van der Waals surface area contributed by atoms with Crippen LogP contribution in [-0.4, -0.2) is 26.1 Å². The van der Waals surface area contributed by atoms with Gasteiger partial charge < -0.3 is 10.8 Å². The number of carboxylic acids is 1. The summed E-state index contributed by atoms with van der Waals surface area (Å²) in [7, 11) is 0. The number of aryl methyl sites for hydroxylation is 1. The van der Waals surface area contributed by atoms with E-state index in [4.69, 9.17) is 5.73 Å². The molecule has 0 aliphatic rings. The SMILES string of the molecule is CCCCn1nnc(C(=O)O)c1-c1ccc(N)cc1. The van der Waals surface area contributed by atoms with Crippen LogP contribution in [0.1, 0.15) is 30.3 Å². The van der Waals surface area contributed by atoms with Gasteiger partial charge in [0.15, 0.2) is 5.69 Å². The molecule has 0 atom stereocenters. The zero-order chi connectivity index (χ0) is 13.8. The number of anilines is 1. The lowest BCUT2D eigenvalue weighted by Crippen LogP contribution is -2.05. The van der Waals surface area contributed by atoms with Gasteiger partial charge in [-0.1, -0.05) is 30.7 Å². The van der Waals surface area contributed by atoms with Crippen molar-refractivity contribution in [1.29, 1.82) is 0 Å². The van der Waals surface area contributed by atoms with Crippen LogP contribution in [0, 0.1) is 0 Å². The predicted octanol–water partition coefficient (Wildman–Crippen LogP) is 2.03. The molecule has 1 aromatic heterocycles. The fourth-order valence-corrected chi connectivity index (χ4v) is 1.85. The van der Waals surface area contributed by atoms with Crippen molar-refractivity contribution in [3.63, 3.8) is 0 Å². The lowest BCUT2D eigenvalue weighted by atomic mass is 10.1. The first-order valence-corrected chi connectivity index (χ1v) is 6.16. The molecule has 0 aliphatic heterocycles. The van der Waals surface area contributed by atoms with Gasteiger partial charge in [0, 0.05) is 17.8 Å². The van der Waals surface area contributed by atoms with Crippen molar-refractivity contribution in [2.75, 3.05) is 5.73 Å². The van der Waals surface area contributed by atoms with E-state index in [0.29, 0.717) is 17.9 Å².